The molecule has 5 nitrogen and oxygen atoms in total. The Bertz CT molecular complexity index is 417. The van der Waals surface area contributed by atoms with E-state index in [9.17, 15) is 9.90 Å². The minimum Gasteiger partial charge on any atom is -0.497 e. The third-order valence-electron chi connectivity index (χ3n) is 2.49. The van der Waals surface area contributed by atoms with Crippen molar-refractivity contribution in [2.24, 2.45) is 0 Å². The Balaban J connectivity index is 3.19. The van der Waals surface area contributed by atoms with E-state index in [4.69, 9.17) is 9.47 Å². The van der Waals surface area contributed by atoms with Gasteiger partial charge in [0.15, 0.2) is 0 Å². The SMILES string of the molecule is COc1ccc(OC)c(C(NC(C)C)C(=O)O)c1. The average molecular weight is 253 g/mol. The molecule has 0 heterocycles. The number of hydrogen-bond donors (Lipinski definition) is 2. The Morgan fingerprint density at radius 3 is 2.39 bits per heavy atom. The van der Waals surface area contributed by atoms with Crippen molar-refractivity contribution in [3.05, 3.63) is 23.8 Å². The highest BCUT2D eigenvalue weighted by atomic mass is 16.5. The Kier molecular flexibility index (Phi) is 4.97. The zero-order valence-electron chi connectivity index (χ0n) is 11.1. The zero-order valence-corrected chi connectivity index (χ0v) is 11.1. The first-order valence-corrected chi connectivity index (χ1v) is 5.70. The molecule has 1 atom stereocenters. The lowest BCUT2D eigenvalue weighted by Crippen LogP contribution is -2.33. The monoisotopic (exact) mass is 253 g/mol. The van der Waals surface area contributed by atoms with Gasteiger partial charge in [-0.25, -0.2) is 0 Å². The van der Waals surface area contributed by atoms with Crippen molar-refractivity contribution in [2.75, 3.05) is 14.2 Å². The summed E-state index contributed by atoms with van der Waals surface area (Å²) in [6, 6.07) is 4.33. The second kappa shape index (κ2) is 6.26. The van der Waals surface area contributed by atoms with Crippen molar-refractivity contribution in [2.45, 2.75) is 25.9 Å². The Labute approximate surface area is 107 Å². The number of rotatable bonds is 6. The van der Waals surface area contributed by atoms with Crippen LogP contribution in [0.5, 0.6) is 11.5 Å². The second-order valence-corrected chi connectivity index (χ2v) is 4.20. The number of ether oxygens (including phenoxy) is 2. The maximum Gasteiger partial charge on any atom is 0.325 e. The van der Waals surface area contributed by atoms with Crippen LogP contribution in [0.2, 0.25) is 0 Å². The highest BCUT2D eigenvalue weighted by molar-refractivity contribution is 5.77. The molecule has 0 saturated carbocycles. The number of methoxy groups -OCH3 is 2. The first-order chi connectivity index (χ1) is 8.49. The summed E-state index contributed by atoms with van der Waals surface area (Å²) in [4.78, 5) is 11.3. The number of carboxylic acid groups (broad SMARTS) is 1. The molecular formula is C13H19NO4. The van der Waals surface area contributed by atoms with Crippen LogP contribution in [0.15, 0.2) is 18.2 Å². The van der Waals surface area contributed by atoms with Crippen molar-refractivity contribution < 1.29 is 19.4 Å². The minimum atomic E-state index is -0.949. The topological polar surface area (TPSA) is 67.8 Å². The van der Waals surface area contributed by atoms with E-state index in [1.807, 2.05) is 13.8 Å². The Morgan fingerprint density at radius 1 is 1.28 bits per heavy atom. The van der Waals surface area contributed by atoms with Crippen molar-refractivity contribution in [1.29, 1.82) is 0 Å². The predicted molar refractivity (Wildman–Crippen MR) is 68.2 cm³/mol. The predicted octanol–water partition coefficient (Wildman–Crippen LogP) is 1.83. The van der Waals surface area contributed by atoms with Crippen LogP contribution in [0.4, 0.5) is 0 Å². The summed E-state index contributed by atoms with van der Waals surface area (Å²) in [5.41, 5.74) is 0.554. The maximum atomic E-state index is 11.3. The normalized spacial score (nSPS) is 12.3. The molecule has 0 fully saturated rings. The molecule has 5 heteroatoms. The molecule has 1 aromatic rings. The molecule has 100 valence electrons. The minimum absolute atomic E-state index is 0.0435. The van der Waals surface area contributed by atoms with Gasteiger partial charge in [0.2, 0.25) is 0 Å². The lowest BCUT2D eigenvalue weighted by molar-refractivity contribution is -0.139. The van der Waals surface area contributed by atoms with Gasteiger partial charge in [-0.2, -0.15) is 0 Å². The summed E-state index contributed by atoms with van der Waals surface area (Å²) in [7, 11) is 3.05. The molecule has 18 heavy (non-hydrogen) atoms. The summed E-state index contributed by atoms with van der Waals surface area (Å²) in [5.74, 6) is 0.175. The van der Waals surface area contributed by atoms with Crippen molar-refractivity contribution in [3.8, 4) is 11.5 Å². The molecule has 0 saturated heterocycles. The smallest absolute Gasteiger partial charge is 0.325 e. The molecule has 0 aliphatic carbocycles. The number of carbonyl (C=O) groups is 1. The molecule has 0 spiro atoms. The molecule has 2 N–H and O–H groups in total. The highest BCUT2D eigenvalue weighted by Crippen LogP contribution is 2.29. The van der Waals surface area contributed by atoms with E-state index in [1.54, 1.807) is 18.2 Å². The molecular weight excluding hydrogens is 234 g/mol. The Morgan fingerprint density at radius 2 is 1.94 bits per heavy atom. The van der Waals surface area contributed by atoms with Crippen LogP contribution in [0.25, 0.3) is 0 Å². The first-order valence-electron chi connectivity index (χ1n) is 5.70. The average Bonchev–Trinajstić information content (AvgIpc) is 2.34. The van der Waals surface area contributed by atoms with Gasteiger partial charge in [0.05, 0.1) is 14.2 Å². The van der Waals surface area contributed by atoms with Crippen LogP contribution in [0, 0.1) is 0 Å². The van der Waals surface area contributed by atoms with E-state index in [0.717, 1.165) is 0 Å². The fourth-order valence-electron chi connectivity index (χ4n) is 1.69. The third-order valence-corrected chi connectivity index (χ3v) is 2.49. The molecule has 0 aliphatic heterocycles. The van der Waals surface area contributed by atoms with E-state index in [2.05, 4.69) is 5.32 Å². The fourth-order valence-corrected chi connectivity index (χ4v) is 1.69. The van der Waals surface area contributed by atoms with Gasteiger partial charge < -0.3 is 14.6 Å². The van der Waals surface area contributed by atoms with Crippen LogP contribution >= 0.6 is 0 Å². The van der Waals surface area contributed by atoms with Gasteiger partial charge in [-0.05, 0) is 32.0 Å². The number of carboxylic acids is 1. The lowest BCUT2D eigenvalue weighted by atomic mass is 10.0. The van der Waals surface area contributed by atoms with Crippen LogP contribution in [0.3, 0.4) is 0 Å². The summed E-state index contributed by atoms with van der Waals surface area (Å²) >= 11 is 0. The molecule has 0 bridgehead atoms. The van der Waals surface area contributed by atoms with Crippen molar-refractivity contribution >= 4 is 5.97 Å². The van der Waals surface area contributed by atoms with Gasteiger partial charge in [0, 0.05) is 11.6 Å². The second-order valence-electron chi connectivity index (χ2n) is 4.20. The van der Waals surface area contributed by atoms with Gasteiger partial charge in [-0.1, -0.05) is 0 Å². The quantitative estimate of drug-likeness (QED) is 0.809. The van der Waals surface area contributed by atoms with Crippen LogP contribution < -0.4 is 14.8 Å². The van der Waals surface area contributed by atoms with E-state index < -0.39 is 12.0 Å². The molecule has 1 aromatic carbocycles. The summed E-state index contributed by atoms with van der Waals surface area (Å²) in [5, 5.41) is 12.3. The molecule has 1 rings (SSSR count). The number of nitrogens with one attached hydrogen (secondary N) is 1. The molecule has 0 amide bonds. The van der Waals surface area contributed by atoms with Gasteiger partial charge in [0.1, 0.15) is 17.5 Å². The van der Waals surface area contributed by atoms with Crippen LogP contribution in [-0.4, -0.2) is 31.3 Å². The zero-order chi connectivity index (χ0) is 13.7. The van der Waals surface area contributed by atoms with E-state index in [-0.39, 0.29) is 6.04 Å². The van der Waals surface area contributed by atoms with Crippen molar-refractivity contribution in [1.82, 2.24) is 5.32 Å². The van der Waals surface area contributed by atoms with E-state index in [0.29, 0.717) is 17.1 Å². The van der Waals surface area contributed by atoms with E-state index >= 15 is 0 Å². The lowest BCUT2D eigenvalue weighted by Gasteiger charge is -2.20. The van der Waals surface area contributed by atoms with Crippen LogP contribution in [-0.2, 0) is 4.79 Å². The molecule has 1 unspecified atom stereocenters. The van der Waals surface area contributed by atoms with Gasteiger partial charge >= 0.3 is 5.97 Å². The Hall–Kier alpha value is -1.75. The largest absolute Gasteiger partial charge is 0.497 e. The van der Waals surface area contributed by atoms with Gasteiger partial charge in [-0.15, -0.1) is 0 Å². The number of hydrogen-bond acceptors (Lipinski definition) is 4. The van der Waals surface area contributed by atoms with Crippen molar-refractivity contribution in [3.63, 3.8) is 0 Å². The standard InChI is InChI=1S/C13H19NO4/c1-8(2)14-12(13(15)16)10-7-9(17-3)5-6-11(10)18-4/h5-8,12,14H,1-4H3,(H,15,16). The molecule has 0 radical (unpaired) electrons. The summed E-state index contributed by atoms with van der Waals surface area (Å²) in [6.45, 7) is 3.78. The summed E-state index contributed by atoms with van der Waals surface area (Å²) in [6.07, 6.45) is 0. The maximum absolute atomic E-state index is 11.3. The summed E-state index contributed by atoms with van der Waals surface area (Å²) < 4.78 is 10.3. The molecule has 0 aliphatic rings. The molecule has 0 aromatic heterocycles. The number of benzene rings is 1. The van der Waals surface area contributed by atoms with E-state index in [1.165, 1.54) is 14.2 Å². The fraction of sp³-hybridized carbons (Fsp3) is 0.462. The first kappa shape index (κ1) is 14.3. The van der Waals surface area contributed by atoms with Gasteiger partial charge in [0.25, 0.3) is 0 Å². The van der Waals surface area contributed by atoms with Crippen LogP contribution in [0.1, 0.15) is 25.5 Å². The highest BCUT2D eigenvalue weighted by Gasteiger charge is 2.24. The van der Waals surface area contributed by atoms with Gasteiger partial charge in [-0.3, -0.25) is 10.1 Å². The third kappa shape index (κ3) is 3.37. The number of aliphatic carboxylic acids is 1.